The molecule has 0 bridgehead atoms. The van der Waals surface area contributed by atoms with Crippen molar-refractivity contribution in [2.45, 2.75) is 19.1 Å². The summed E-state index contributed by atoms with van der Waals surface area (Å²) < 4.78 is 11.7. The normalized spacial score (nSPS) is 17.5. The monoisotopic (exact) mass is 286 g/mol. The first-order valence-corrected chi connectivity index (χ1v) is 6.66. The lowest BCUT2D eigenvalue weighted by Gasteiger charge is -2.09. The molecule has 0 saturated carbocycles. The molecule has 0 amide bonds. The highest BCUT2D eigenvalue weighted by Gasteiger charge is 2.30. The number of carbonyl (C=O) groups excluding carboxylic acids is 2. The maximum atomic E-state index is 11.9. The lowest BCUT2D eigenvalue weighted by Crippen LogP contribution is -2.22. The van der Waals surface area contributed by atoms with Gasteiger partial charge in [0.1, 0.15) is 0 Å². The number of nitrogens with zero attached hydrogens (tertiary/aromatic N) is 2. The predicted octanol–water partition coefficient (Wildman–Crippen LogP) is 1.40. The topological polar surface area (TPSA) is 70.4 Å². The van der Waals surface area contributed by atoms with Crippen LogP contribution in [0.4, 0.5) is 0 Å². The molecule has 6 nitrogen and oxygen atoms in total. The molecule has 2 heterocycles. The molecular weight excluding hydrogens is 272 g/mol. The lowest BCUT2D eigenvalue weighted by molar-refractivity contribution is -0.145. The van der Waals surface area contributed by atoms with Gasteiger partial charge in [0.2, 0.25) is 6.10 Å². The molecule has 1 aliphatic heterocycles. The second-order valence-corrected chi connectivity index (χ2v) is 4.75. The summed E-state index contributed by atoms with van der Waals surface area (Å²) in [6.07, 6.45) is 3.23. The second-order valence-electron chi connectivity index (χ2n) is 4.75. The van der Waals surface area contributed by atoms with E-state index >= 15 is 0 Å². The molecule has 0 N–H and O–H groups in total. The summed E-state index contributed by atoms with van der Waals surface area (Å²) in [6, 6.07) is 8.89. The van der Waals surface area contributed by atoms with Crippen LogP contribution in [0.15, 0.2) is 42.7 Å². The minimum atomic E-state index is -0.777. The summed E-state index contributed by atoms with van der Waals surface area (Å²) in [5.74, 6) is -0.983. The number of benzene rings is 1. The fraction of sp³-hybridized carbons (Fsp3) is 0.267. The third kappa shape index (κ3) is 3.10. The van der Waals surface area contributed by atoms with Gasteiger partial charge in [-0.25, -0.2) is 9.59 Å². The van der Waals surface area contributed by atoms with E-state index in [0.29, 0.717) is 25.1 Å². The van der Waals surface area contributed by atoms with Crippen molar-refractivity contribution in [1.29, 1.82) is 0 Å². The van der Waals surface area contributed by atoms with Crippen LogP contribution in [0.5, 0.6) is 0 Å². The number of cyclic esters (lactones) is 1. The number of rotatable bonds is 4. The van der Waals surface area contributed by atoms with Gasteiger partial charge in [0, 0.05) is 18.8 Å². The fourth-order valence-corrected chi connectivity index (χ4v) is 2.11. The Balaban J connectivity index is 1.63. The van der Waals surface area contributed by atoms with Crippen molar-refractivity contribution in [3.63, 3.8) is 0 Å². The number of aromatic nitrogens is 2. The van der Waals surface area contributed by atoms with Crippen LogP contribution in [-0.4, -0.2) is 34.4 Å². The van der Waals surface area contributed by atoms with Crippen LogP contribution in [-0.2, 0) is 20.8 Å². The van der Waals surface area contributed by atoms with E-state index in [0.717, 1.165) is 5.56 Å². The molecule has 1 aromatic carbocycles. The number of ether oxygens (including phenoxy) is 2. The van der Waals surface area contributed by atoms with Crippen LogP contribution in [0.1, 0.15) is 22.3 Å². The maximum Gasteiger partial charge on any atom is 0.347 e. The van der Waals surface area contributed by atoms with E-state index in [9.17, 15) is 9.59 Å². The van der Waals surface area contributed by atoms with Crippen molar-refractivity contribution in [2.75, 3.05) is 6.61 Å². The van der Waals surface area contributed by atoms with Crippen LogP contribution in [0, 0.1) is 0 Å². The molecule has 0 spiro atoms. The first-order valence-electron chi connectivity index (χ1n) is 6.66. The van der Waals surface area contributed by atoms with E-state index in [4.69, 9.17) is 9.47 Å². The van der Waals surface area contributed by atoms with Gasteiger partial charge in [-0.15, -0.1) is 0 Å². The third-order valence-electron chi connectivity index (χ3n) is 3.23. The number of hydrogen-bond acceptors (Lipinski definition) is 5. The SMILES string of the molecule is O=C(OC1CCOC1=O)c1ccc(Cn2cccn2)cc1. The summed E-state index contributed by atoms with van der Waals surface area (Å²) in [6.45, 7) is 0.941. The highest BCUT2D eigenvalue weighted by Crippen LogP contribution is 2.14. The number of hydrogen-bond donors (Lipinski definition) is 0. The van der Waals surface area contributed by atoms with E-state index in [1.807, 2.05) is 24.4 Å². The van der Waals surface area contributed by atoms with Gasteiger partial charge in [0.05, 0.1) is 18.7 Å². The maximum absolute atomic E-state index is 11.9. The summed E-state index contributed by atoms with van der Waals surface area (Å²) in [5.41, 5.74) is 1.44. The molecule has 1 aliphatic rings. The molecule has 1 unspecified atom stereocenters. The number of esters is 2. The van der Waals surface area contributed by atoms with Crippen LogP contribution in [0.2, 0.25) is 0 Å². The fourth-order valence-electron chi connectivity index (χ4n) is 2.11. The zero-order valence-electron chi connectivity index (χ0n) is 11.3. The van der Waals surface area contributed by atoms with E-state index in [-0.39, 0.29) is 0 Å². The zero-order chi connectivity index (χ0) is 14.7. The van der Waals surface area contributed by atoms with E-state index in [2.05, 4.69) is 5.10 Å². The van der Waals surface area contributed by atoms with Crippen molar-refractivity contribution in [2.24, 2.45) is 0 Å². The quantitative estimate of drug-likeness (QED) is 0.795. The lowest BCUT2D eigenvalue weighted by atomic mass is 10.1. The molecule has 3 rings (SSSR count). The van der Waals surface area contributed by atoms with Gasteiger partial charge >= 0.3 is 11.9 Å². The number of carbonyl (C=O) groups is 2. The molecule has 2 aromatic rings. The molecule has 1 fully saturated rings. The Labute approximate surface area is 121 Å². The standard InChI is InChI=1S/C15H14N2O4/c18-14(21-13-6-9-20-15(13)19)12-4-2-11(3-5-12)10-17-8-1-7-16-17/h1-5,7-8,13H,6,9-10H2. The van der Waals surface area contributed by atoms with Crippen LogP contribution < -0.4 is 0 Å². The first-order chi connectivity index (χ1) is 10.2. The van der Waals surface area contributed by atoms with Crippen LogP contribution >= 0.6 is 0 Å². The van der Waals surface area contributed by atoms with Crippen molar-refractivity contribution >= 4 is 11.9 Å². The minimum absolute atomic E-state index is 0.305. The highest BCUT2D eigenvalue weighted by atomic mass is 16.6. The van der Waals surface area contributed by atoms with E-state index < -0.39 is 18.0 Å². The first kappa shape index (κ1) is 13.4. The Morgan fingerprint density at radius 3 is 2.81 bits per heavy atom. The highest BCUT2D eigenvalue weighted by molar-refractivity contribution is 5.91. The van der Waals surface area contributed by atoms with Crippen molar-refractivity contribution in [1.82, 2.24) is 9.78 Å². The molecular formula is C15H14N2O4. The van der Waals surface area contributed by atoms with Crippen molar-refractivity contribution < 1.29 is 19.1 Å². The summed E-state index contributed by atoms with van der Waals surface area (Å²) >= 11 is 0. The molecule has 6 heteroatoms. The summed E-state index contributed by atoms with van der Waals surface area (Å²) in [7, 11) is 0. The predicted molar refractivity (Wildman–Crippen MR) is 72.6 cm³/mol. The van der Waals surface area contributed by atoms with E-state index in [1.54, 1.807) is 23.0 Å². The van der Waals surface area contributed by atoms with Gasteiger partial charge in [-0.2, -0.15) is 5.10 Å². The molecule has 0 radical (unpaired) electrons. The Morgan fingerprint density at radius 1 is 1.38 bits per heavy atom. The van der Waals surface area contributed by atoms with Crippen LogP contribution in [0.3, 0.4) is 0 Å². The van der Waals surface area contributed by atoms with Gasteiger partial charge in [0.25, 0.3) is 0 Å². The van der Waals surface area contributed by atoms with Crippen molar-refractivity contribution in [3.8, 4) is 0 Å². The van der Waals surface area contributed by atoms with Gasteiger partial charge in [0.15, 0.2) is 0 Å². The third-order valence-corrected chi connectivity index (χ3v) is 3.23. The molecule has 108 valence electrons. The second kappa shape index (κ2) is 5.78. The molecule has 1 aromatic heterocycles. The Kier molecular flexibility index (Phi) is 3.68. The van der Waals surface area contributed by atoms with E-state index in [1.165, 1.54) is 0 Å². The zero-order valence-corrected chi connectivity index (χ0v) is 11.3. The smallest absolute Gasteiger partial charge is 0.347 e. The van der Waals surface area contributed by atoms with Gasteiger partial charge < -0.3 is 9.47 Å². The molecule has 1 atom stereocenters. The Morgan fingerprint density at radius 2 is 2.19 bits per heavy atom. The average molecular weight is 286 g/mol. The Bertz CT molecular complexity index is 634. The van der Waals surface area contributed by atoms with Crippen LogP contribution in [0.25, 0.3) is 0 Å². The Hall–Kier alpha value is -2.63. The largest absolute Gasteiger partial charge is 0.463 e. The molecule has 21 heavy (non-hydrogen) atoms. The molecule has 0 aliphatic carbocycles. The molecule has 1 saturated heterocycles. The van der Waals surface area contributed by atoms with Gasteiger partial charge in [-0.1, -0.05) is 12.1 Å². The summed E-state index contributed by atoms with van der Waals surface area (Å²) in [5, 5.41) is 4.12. The van der Waals surface area contributed by atoms with Gasteiger partial charge in [-0.05, 0) is 23.8 Å². The minimum Gasteiger partial charge on any atom is -0.463 e. The van der Waals surface area contributed by atoms with Crippen molar-refractivity contribution in [3.05, 3.63) is 53.9 Å². The summed E-state index contributed by atoms with van der Waals surface area (Å²) in [4.78, 5) is 23.2. The average Bonchev–Trinajstić information content (AvgIpc) is 3.12. The van der Waals surface area contributed by atoms with Gasteiger partial charge in [-0.3, -0.25) is 4.68 Å².